The third kappa shape index (κ3) is 3.37. The molecule has 24 heavy (non-hydrogen) atoms. The van der Waals surface area contributed by atoms with E-state index in [0.29, 0.717) is 25.9 Å². The summed E-state index contributed by atoms with van der Waals surface area (Å²) in [6.45, 7) is 2.97. The minimum atomic E-state index is -0.659. The standard InChI is InChI=1S/C16H17N3O5/c1-11-10-17-7-4-13(11)23-12-5-8-18(9-6-12)16(20)14-2-3-15(24-14)19(21)22/h2-4,7,10,12H,5-6,8-9H2,1H3. The van der Waals surface area contributed by atoms with Gasteiger partial charge in [-0.1, -0.05) is 0 Å². The van der Waals surface area contributed by atoms with Gasteiger partial charge in [-0.25, -0.2) is 0 Å². The number of aromatic nitrogens is 1. The number of furan rings is 1. The monoisotopic (exact) mass is 331 g/mol. The molecular weight excluding hydrogens is 314 g/mol. The van der Waals surface area contributed by atoms with E-state index < -0.39 is 10.8 Å². The van der Waals surface area contributed by atoms with E-state index >= 15 is 0 Å². The SMILES string of the molecule is Cc1cnccc1OC1CCN(C(=O)c2ccc([N+](=O)[O-])o2)CC1. The number of ether oxygens (including phenoxy) is 1. The van der Waals surface area contributed by atoms with Gasteiger partial charge in [0.15, 0.2) is 5.76 Å². The molecule has 126 valence electrons. The molecule has 1 aliphatic rings. The highest BCUT2D eigenvalue weighted by atomic mass is 16.6. The van der Waals surface area contributed by atoms with E-state index in [1.54, 1.807) is 17.3 Å². The average molecular weight is 331 g/mol. The highest BCUT2D eigenvalue weighted by Gasteiger charge is 2.27. The molecule has 8 nitrogen and oxygen atoms in total. The van der Waals surface area contributed by atoms with Crippen molar-refractivity contribution in [3.63, 3.8) is 0 Å². The topological polar surface area (TPSA) is 98.7 Å². The molecule has 1 aliphatic heterocycles. The molecule has 0 aliphatic carbocycles. The summed E-state index contributed by atoms with van der Waals surface area (Å²) in [6, 6.07) is 4.35. The van der Waals surface area contributed by atoms with Crippen LogP contribution < -0.4 is 4.74 Å². The lowest BCUT2D eigenvalue weighted by molar-refractivity contribution is -0.402. The van der Waals surface area contributed by atoms with Crippen LogP contribution in [-0.4, -0.2) is 39.9 Å². The van der Waals surface area contributed by atoms with Crippen molar-refractivity contribution in [1.29, 1.82) is 0 Å². The van der Waals surface area contributed by atoms with Gasteiger partial charge in [0.05, 0.1) is 6.07 Å². The highest BCUT2D eigenvalue weighted by Crippen LogP contribution is 2.23. The Morgan fingerprint density at radius 1 is 1.38 bits per heavy atom. The first-order chi connectivity index (χ1) is 11.5. The van der Waals surface area contributed by atoms with Crippen molar-refractivity contribution >= 4 is 11.8 Å². The summed E-state index contributed by atoms with van der Waals surface area (Å²) >= 11 is 0. The van der Waals surface area contributed by atoms with Crippen LogP contribution in [0.5, 0.6) is 5.75 Å². The number of carbonyl (C=O) groups excluding carboxylic acids is 1. The van der Waals surface area contributed by atoms with Gasteiger partial charge in [0.2, 0.25) is 0 Å². The lowest BCUT2D eigenvalue weighted by Gasteiger charge is -2.31. The summed E-state index contributed by atoms with van der Waals surface area (Å²) in [7, 11) is 0. The number of nitrogens with zero attached hydrogens (tertiary/aromatic N) is 3. The molecule has 0 N–H and O–H groups in total. The summed E-state index contributed by atoms with van der Waals surface area (Å²) < 4.78 is 10.9. The molecule has 0 unspecified atom stereocenters. The van der Waals surface area contributed by atoms with Crippen LogP contribution in [0.4, 0.5) is 5.88 Å². The van der Waals surface area contributed by atoms with Crippen LogP contribution in [-0.2, 0) is 0 Å². The quantitative estimate of drug-likeness (QED) is 0.631. The van der Waals surface area contributed by atoms with E-state index in [1.165, 1.54) is 12.1 Å². The van der Waals surface area contributed by atoms with Gasteiger partial charge in [0.25, 0.3) is 5.91 Å². The van der Waals surface area contributed by atoms with Crippen LogP contribution in [0.1, 0.15) is 29.0 Å². The van der Waals surface area contributed by atoms with Crippen LogP contribution in [0.15, 0.2) is 35.0 Å². The molecule has 0 spiro atoms. The Balaban J connectivity index is 1.57. The number of carbonyl (C=O) groups is 1. The van der Waals surface area contributed by atoms with Crippen molar-refractivity contribution in [2.24, 2.45) is 0 Å². The summed E-state index contributed by atoms with van der Waals surface area (Å²) in [5.41, 5.74) is 0.971. The fraction of sp³-hybridized carbons (Fsp3) is 0.375. The van der Waals surface area contributed by atoms with E-state index in [0.717, 1.165) is 11.3 Å². The second kappa shape index (κ2) is 6.69. The molecular formula is C16H17N3O5. The smallest absolute Gasteiger partial charge is 0.433 e. The molecule has 0 radical (unpaired) electrons. The highest BCUT2D eigenvalue weighted by molar-refractivity contribution is 5.91. The van der Waals surface area contributed by atoms with Gasteiger partial charge in [-0.15, -0.1) is 0 Å². The Hall–Kier alpha value is -2.90. The van der Waals surface area contributed by atoms with Crippen molar-refractivity contribution in [1.82, 2.24) is 9.88 Å². The molecule has 8 heteroatoms. The van der Waals surface area contributed by atoms with Crippen molar-refractivity contribution in [2.75, 3.05) is 13.1 Å². The van der Waals surface area contributed by atoms with E-state index in [1.807, 2.05) is 13.0 Å². The Labute approximate surface area is 138 Å². The number of pyridine rings is 1. The lowest BCUT2D eigenvalue weighted by atomic mass is 10.1. The van der Waals surface area contributed by atoms with Gasteiger partial charge in [0.1, 0.15) is 16.8 Å². The Morgan fingerprint density at radius 2 is 2.12 bits per heavy atom. The predicted octanol–water partition coefficient (Wildman–Crippen LogP) is 2.57. The van der Waals surface area contributed by atoms with Crippen LogP contribution in [0.25, 0.3) is 0 Å². The van der Waals surface area contributed by atoms with Gasteiger partial charge in [0, 0.05) is 43.9 Å². The van der Waals surface area contributed by atoms with Crippen LogP contribution in [0, 0.1) is 17.0 Å². The zero-order valence-electron chi connectivity index (χ0n) is 13.2. The molecule has 1 amide bonds. The number of rotatable bonds is 4. The van der Waals surface area contributed by atoms with Gasteiger partial charge in [-0.05, 0) is 19.1 Å². The van der Waals surface area contributed by atoms with Gasteiger partial charge in [-0.3, -0.25) is 19.9 Å². The molecule has 0 atom stereocenters. The fourth-order valence-corrected chi connectivity index (χ4v) is 2.65. The molecule has 2 aromatic rings. The number of piperidine rings is 1. The fourth-order valence-electron chi connectivity index (χ4n) is 2.65. The maximum Gasteiger partial charge on any atom is 0.433 e. The van der Waals surface area contributed by atoms with E-state index in [9.17, 15) is 14.9 Å². The summed E-state index contributed by atoms with van der Waals surface area (Å²) in [5, 5.41) is 10.6. The van der Waals surface area contributed by atoms with E-state index in [2.05, 4.69) is 4.98 Å². The van der Waals surface area contributed by atoms with Crippen LogP contribution in [0.2, 0.25) is 0 Å². The first kappa shape index (κ1) is 16.0. The Bertz CT molecular complexity index is 750. The number of hydrogen-bond donors (Lipinski definition) is 0. The number of likely N-dealkylation sites (tertiary alicyclic amines) is 1. The van der Waals surface area contributed by atoms with Gasteiger partial charge >= 0.3 is 5.88 Å². The Kier molecular flexibility index (Phi) is 4.45. The number of amides is 1. The van der Waals surface area contributed by atoms with E-state index in [-0.39, 0.29) is 17.8 Å². The second-order valence-corrected chi connectivity index (χ2v) is 5.65. The third-order valence-electron chi connectivity index (χ3n) is 3.97. The Morgan fingerprint density at radius 3 is 2.75 bits per heavy atom. The number of aryl methyl sites for hydroxylation is 1. The molecule has 0 saturated carbocycles. The summed E-state index contributed by atoms with van der Waals surface area (Å²) in [5.74, 6) is 0.0360. The zero-order valence-corrected chi connectivity index (χ0v) is 13.2. The summed E-state index contributed by atoms with van der Waals surface area (Å²) in [4.78, 5) is 27.9. The normalized spacial score (nSPS) is 15.3. The largest absolute Gasteiger partial charge is 0.490 e. The van der Waals surface area contributed by atoms with Crippen molar-refractivity contribution in [2.45, 2.75) is 25.9 Å². The first-order valence-corrected chi connectivity index (χ1v) is 7.65. The van der Waals surface area contributed by atoms with E-state index in [4.69, 9.17) is 9.15 Å². The predicted molar refractivity (Wildman–Crippen MR) is 83.9 cm³/mol. The molecule has 1 saturated heterocycles. The number of nitro groups is 1. The zero-order chi connectivity index (χ0) is 17.1. The molecule has 0 aromatic carbocycles. The second-order valence-electron chi connectivity index (χ2n) is 5.65. The maximum absolute atomic E-state index is 12.3. The summed E-state index contributed by atoms with van der Waals surface area (Å²) in [6.07, 6.45) is 4.84. The average Bonchev–Trinajstić information content (AvgIpc) is 3.07. The molecule has 1 fully saturated rings. The number of hydrogen-bond acceptors (Lipinski definition) is 6. The van der Waals surface area contributed by atoms with Gasteiger partial charge in [-0.2, -0.15) is 0 Å². The minimum absolute atomic E-state index is 0.00829. The third-order valence-corrected chi connectivity index (χ3v) is 3.97. The van der Waals surface area contributed by atoms with Crippen LogP contribution >= 0.6 is 0 Å². The minimum Gasteiger partial charge on any atom is -0.490 e. The van der Waals surface area contributed by atoms with Gasteiger partial charge < -0.3 is 14.1 Å². The maximum atomic E-state index is 12.3. The van der Waals surface area contributed by atoms with Crippen molar-refractivity contribution in [3.05, 3.63) is 52.0 Å². The molecule has 2 aromatic heterocycles. The molecule has 3 rings (SSSR count). The van der Waals surface area contributed by atoms with Crippen molar-refractivity contribution < 1.29 is 18.9 Å². The first-order valence-electron chi connectivity index (χ1n) is 7.65. The van der Waals surface area contributed by atoms with Crippen LogP contribution in [0.3, 0.4) is 0 Å². The molecule has 0 bridgehead atoms. The lowest BCUT2D eigenvalue weighted by Crippen LogP contribution is -2.41. The molecule has 3 heterocycles. The van der Waals surface area contributed by atoms with Crippen molar-refractivity contribution in [3.8, 4) is 5.75 Å².